The van der Waals surface area contributed by atoms with Crippen LogP contribution in [0.4, 0.5) is 22.0 Å². The minimum absolute atomic E-state index is 0.0982. The SMILES string of the molecule is CCOc1ccc(C(=O)OC2CC=C(c3ccc(-c4ccc(OCC)c(F)c4F)cc3F)CC2)c(F)c1F. The molecular formula is C29H25F5O4. The standard InChI is InChI=1S/C29H25F5O4/c1-3-36-23-13-11-20(25(31)27(23)33)17-7-10-19(22(30)15-17)16-5-8-18(9-6-16)38-29(35)21-12-14-24(37-4-2)28(34)26(21)32/h5,7,10-15,18H,3-4,6,8-9H2,1-2H3. The number of carbonyl (C=O) groups excluding carboxylic acids is 1. The van der Waals surface area contributed by atoms with Crippen LogP contribution >= 0.6 is 0 Å². The Morgan fingerprint density at radius 1 is 0.816 bits per heavy atom. The fraction of sp³-hybridized carbons (Fsp3) is 0.276. The van der Waals surface area contributed by atoms with Gasteiger partial charge >= 0.3 is 5.97 Å². The van der Waals surface area contributed by atoms with Crippen LogP contribution in [0.25, 0.3) is 16.7 Å². The molecule has 0 spiro atoms. The number of benzene rings is 3. The lowest BCUT2D eigenvalue weighted by Crippen LogP contribution is -2.21. The maximum absolute atomic E-state index is 15.0. The summed E-state index contributed by atoms with van der Waals surface area (Å²) in [7, 11) is 0. The molecule has 3 aromatic carbocycles. The molecule has 1 unspecified atom stereocenters. The van der Waals surface area contributed by atoms with E-state index in [4.69, 9.17) is 14.2 Å². The van der Waals surface area contributed by atoms with Crippen LogP contribution < -0.4 is 9.47 Å². The molecule has 1 atom stereocenters. The van der Waals surface area contributed by atoms with E-state index in [0.29, 0.717) is 18.4 Å². The van der Waals surface area contributed by atoms with Gasteiger partial charge in [-0.15, -0.1) is 0 Å². The zero-order valence-corrected chi connectivity index (χ0v) is 20.8. The zero-order valence-electron chi connectivity index (χ0n) is 20.8. The molecular weight excluding hydrogens is 507 g/mol. The van der Waals surface area contributed by atoms with Crippen LogP contribution in [0.1, 0.15) is 49.0 Å². The molecule has 9 heteroatoms. The number of carbonyl (C=O) groups is 1. The predicted molar refractivity (Wildman–Crippen MR) is 131 cm³/mol. The first kappa shape index (κ1) is 27.2. The Balaban J connectivity index is 1.46. The van der Waals surface area contributed by atoms with Crippen LogP contribution in [-0.4, -0.2) is 25.3 Å². The molecule has 0 saturated carbocycles. The molecule has 0 bridgehead atoms. The van der Waals surface area contributed by atoms with Gasteiger partial charge in [0.2, 0.25) is 11.6 Å². The Bertz CT molecular complexity index is 1390. The van der Waals surface area contributed by atoms with E-state index in [2.05, 4.69) is 0 Å². The Hall–Kier alpha value is -3.88. The van der Waals surface area contributed by atoms with Crippen molar-refractivity contribution in [2.24, 2.45) is 0 Å². The Morgan fingerprint density at radius 3 is 2.05 bits per heavy atom. The third-order valence-corrected chi connectivity index (χ3v) is 6.18. The average molecular weight is 533 g/mol. The van der Waals surface area contributed by atoms with Gasteiger partial charge in [0, 0.05) is 17.5 Å². The molecule has 0 aliphatic heterocycles. The molecule has 38 heavy (non-hydrogen) atoms. The van der Waals surface area contributed by atoms with E-state index < -0.39 is 46.7 Å². The monoisotopic (exact) mass is 532 g/mol. The summed E-state index contributed by atoms with van der Waals surface area (Å²) in [6.45, 7) is 3.57. The number of ether oxygens (including phenoxy) is 3. The number of halogens is 5. The quantitative estimate of drug-likeness (QED) is 0.221. The molecule has 1 aliphatic rings. The molecule has 4 nitrogen and oxygen atoms in total. The summed E-state index contributed by atoms with van der Waals surface area (Å²) >= 11 is 0. The van der Waals surface area contributed by atoms with E-state index in [0.717, 1.165) is 18.2 Å². The predicted octanol–water partition coefficient (Wildman–Crippen LogP) is 7.64. The number of allylic oxidation sites excluding steroid dienone is 1. The van der Waals surface area contributed by atoms with Gasteiger partial charge in [-0.1, -0.05) is 18.2 Å². The van der Waals surface area contributed by atoms with Gasteiger partial charge in [-0.25, -0.2) is 18.0 Å². The minimum Gasteiger partial charge on any atom is -0.491 e. The van der Waals surface area contributed by atoms with E-state index in [1.807, 2.05) is 0 Å². The molecule has 0 N–H and O–H groups in total. The Kier molecular flexibility index (Phi) is 8.34. The first-order valence-electron chi connectivity index (χ1n) is 12.2. The smallest absolute Gasteiger partial charge is 0.341 e. The fourth-order valence-electron chi connectivity index (χ4n) is 4.30. The third-order valence-electron chi connectivity index (χ3n) is 6.18. The number of hydrogen-bond acceptors (Lipinski definition) is 4. The second kappa shape index (κ2) is 11.7. The van der Waals surface area contributed by atoms with Crippen molar-refractivity contribution in [3.63, 3.8) is 0 Å². The van der Waals surface area contributed by atoms with Crippen molar-refractivity contribution >= 4 is 11.5 Å². The van der Waals surface area contributed by atoms with E-state index in [1.165, 1.54) is 24.3 Å². The minimum atomic E-state index is -1.35. The van der Waals surface area contributed by atoms with Crippen LogP contribution in [-0.2, 0) is 4.74 Å². The highest BCUT2D eigenvalue weighted by Gasteiger charge is 2.25. The van der Waals surface area contributed by atoms with Crippen LogP contribution in [0, 0.1) is 29.1 Å². The van der Waals surface area contributed by atoms with Crippen molar-refractivity contribution in [3.05, 3.63) is 88.8 Å². The maximum Gasteiger partial charge on any atom is 0.341 e. The zero-order chi connectivity index (χ0) is 27.4. The summed E-state index contributed by atoms with van der Waals surface area (Å²) in [6, 6.07) is 8.99. The third kappa shape index (κ3) is 5.51. The van der Waals surface area contributed by atoms with Gasteiger partial charge in [0.05, 0.1) is 18.8 Å². The van der Waals surface area contributed by atoms with E-state index in [9.17, 15) is 26.7 Å². The lowest BCUT2D eigenvalue weighted by Gasteiger charge is -2.23. The van der Waals surface area contributed by atoms with Crippen molar-refractivity contribution in [2.75, 3.05) is 13.2 Å². The molecule has 1 aliphatic carbocycles. The molecule has 0 fully saturated rings. The summed E-state index contributed by atoms with van der Waals surface area (Å²) in [4.78, 5) is 12.4. The van der Waals surface area contributed by atoms with Crippen molar-refractivity contribution in [2.45, 2.75) is 39.2 Å². The van der Waals surface area contributed by atoms with Crippen LogP contribution in [0.3, 0.4) is 0 Å². The first-order valence-corrected chi connectivity index (χ1v) is 12.2. The van der Waals surface area contributed by atoms with Crippen LogP contribution in [0.15, 0.2) is 48.5 Å². The van der Waals surface area contributed by atoms with Gasteiger partial charge in [-0.2, -0.15) is 8.78 Å². The summed E-state index contributed by atoms with van der Waals surface area (Å²) in [6.07, 6.45) is 2.01. The molecule has 0 amide bonds. The van der Waals surface area contributed by atoms with E-state index in [1.54, 1.807) is 19.9 Å². The van der Waals surface area contributed by atoms with Gasteiger partial charge in [0.15, 0.2) is 23.1 Å². The fourth-order valence-corrected chi connectivity index (χ4v) is 4.30. The molecule has 0 saturated heterocycles. The molecule has 0 radical (unpaired) electrons. The number of rotatable bonds is 8. The topological polar surface area (TPSA) is 44.8 Å². The highest BCUT2D eigenvalue weighted by Crippen LogP contribution is 2.35. The molecule has 4 rings (SSSR count). The summed E-state index contributed by atoms with van der Waals surface area (Å²) in [5.74, 6) is -7.03. The Morgan fingerprint density at radius 2 is 1.45 bits per heavy atom. The summed E-state index contributed by atoms with van der Waals surface area (Å²) in [5, 5.41) is 0. The molecule has 0 aromatic heterocycles. The highest BCUT2D eigenvalue weighted by molar-refractivity contribution is 5.90. The molecule has 3 aromatic rings. The average Bonchev–Trinajstić information content (AvgIpc) is 2.90. The molecule has 200 valence electrons. The van der Waals surface area contributed by atoms with E-state index in [-0.39, 0.29) is 47.8 Å². The summed E-state index contributed by atoms with van der Waals surface area (Å²) < 4.78 is 87.6. The van der Waals surface area contributed by atoms with Gasteiger partial charge < -0.3 is 14.2 Å². The lowest BCUT2D eigenvalue weighted by molar-refractivity contribution is 0.0278. The highest BCUT2D eigenvalue weighted by atomic mass is 19.2. The normalized spacial score (nSPS) is 15.1. The van der Waals surface area contributed by atoms with Crippen molar-refractivity contribution in [3.8, 4) is 22.6 Å². The van der Waals surface area contributed by atoms with Gasteiger partial charge in [-0.05, 0) is 68.2 Å². The lowest BCUT2D eigenvalue weighted by atomic mass is 9.90. The van der Waals surface area contributed by atoms with Gasteiger partial charge in [0.25, 0.3) is 0 Å². The second-order valence-electron chi connectivity index (χ2n) is 8.57. The van der Waals surface area contributed by atoms with Gasteiger partial charge in [0.1, 0.15) is 11.9 Å². The van der Waals surface area contributed by atoms with Crippen molar-refractivity contribution < 1.29 is 41.0 Å². The van der Waals surface area contributed by atoms with Crippen molar-refractivity contribution in [1.82, 2.24) is 0 Å². The van der Waals surface area contributed by atoms with Crippen molar-refractivity contribution in [1.29, 1.82) is 0 Å². The van der Waals surface area contributed by atoms with Gasteiger partial charge in [-0.3, -0.25) is 0 Å². The number of hydrogen-bond donors (Lipinski definition) is 0. The summed E-state index contributed by atoms with van der Waals surface area (Å²) in [5.41, 5.74) is 0.459. The largest absolute Gasteiger partial charge is 0.491 e. The molecule has 0 heterocycles. The van der Waals surface area contributed by atoms with Crippen LogP contribution in [0.2, 0.25) is 0 Å². The first-order chi connectivity index (χ1) is 18.2. The second-order valence-corrected chi connectivity index (χ2v) is 8.57. The maximum atomic E-state index is 15.0. The number of esters is 1. The van der Waals surface area contributed by atoms with E-state index >= 15 is 0 Å². The van der Waals surface area contributed by atoms with Crippen LogP contribution in [0.5, 0.6) is 11.5 Å². The Labute approximate surface area is 216 Å².